The summed E-state index contributed by atoms with van der Waals surface area (Å²) in [5, 5.41) is 0.538. The van der Waals surface area contributed by atoms with Crippen LogP contribution in [0.15, 0.2) is 42.5 Å². The molecule has 1 nitrogen and oxygen atoms in total. The fourth-order valence-electron chi connectivity index (χ4n) is 1.83. The Morgan fingerprint density at radius 2 is 1.89 bits per heavy atom. The van der Waals surface area contributed by atoms with E-state index in [0.717, 1.165) is 11.3 Å². The van der Waals surface area contributed by atoms with Gasteiger partial charge < -0.3 is 4.74 Å². The lowest BCUT2D eigenvalue weighted by Gasteiger charge is -2.12. The van der Waals surface area contributed by atoms with Gasteiger partial charge in [0, 0.05) is 15.4 Å². The van der Waals surface area contributed by atoms with Crippen LogP contribution in [0.3, 0.4) is 0 Å². The molecule has 0 aromatic heterocycles. The van der Waals surface area contributed by atoms with E-state index >= 15 is 0 Å². The van der Waals surface area contributed by atoms with Gasteiger partial charge in [-0.15, -0.1) is 0 Å². The fourth-order valence-corrected chi connectivity index (χ4v) is 2.74. The van der Waals surface area contributed by atoms with Gasteiger partial charge in [-0.1, -0.05) is 39.7 Å². The van der Waals surface area contributed by atoms with Crippen LogP contribution < -0.4 is 4.74 Å². The quantitative estimate of drug-likeness (QED) is 0.696. The molecule has 0 N–H and O–H groups in total. The van der Waals surface area contributed by atoms with E-state index in [4.69, 9.17) is 16.3 Å². The molecule has 1 atom stereocenters. The SMILES string of the molecule is COc1ccc(CC(Br)c2cc(Cl)ccc2F)cc1. The second-order valence-corrected chi connectivity index (χ2v) is 5.73. The topological polar surface area (TPSA) is 9.23 Å². The summed E-state index contributed by atoms with van der Waals surface area (Å²) in [5.41, 5.74) is 1.67. The Kier molecular flexibility index (Phi) is 4.83. The first-order valence-corrected chi connectivity index (χ1v) is 7.11. The number of hydrogen-bond donors (Lipinski definition) is 0. The maximum absolute atomic E-state index is 13.7. The van der Waals surface area contributed by atoms with Crippen molar-refractivity contribution in [2.24, 2.45) is 0 Å². The summed E-state index contributed by atoms with van der Waals surface area (Å²) in [5.74, 6) is 0.559. The predicted octanol–water partition coefficient (Wildman–Crippen LogP) is 5.17. The monoisotopic (exact) mass is 342 g/mol. The highest BCUT2D eigenvalue weighted by atomic mass is 79.9. The Morgan fingerprint density at radius 1 is 1.21 bits per heavy atom. The highest BCUT2D eigenvalue weighted by Crippen LogP contribution is 2.31. The van der Waals surface area contributed by atoms with Gasteiger partial charge >= 0.3 is 0 Å². The average Bonchev–Trinajstić information content (AvgIpc) is 2.42. The van der Waals surface area contributed by atoms with Crippen LogP contribution >= 0.6 is 27.5 Å². The second-order valence-electron chi connectivity index (χ2n) is 4.19. The van der Waals surface area contributed by atoms with Crippen molar-refractivity contribution in [1.29, 1.82) is 0 Å². The third-order valence-electron chi connectivity index (χ3n) is 2.87. The minimum Gasteiger partial charge on any atom is -0.497 e. The first-order chi connectivity index (χ1) is 9.10. The Hall–Kier alpha value is -1.06. The molecule has 2 aromatic rings. The van der Waals surface area contributed by atoms with Gasteiger partial charge in [0.05, 0.1) is 7.11 Å². The Bertz CT molecular complexity index is 557. The van der Waals surface area contributed by atoms with Gasteiger partial charge in [-0.05, 0) is 42.3 Å². The minimum atomic E-state index is -0.250. The lowest BCUT2D eigenvalue weighted by molar-refractivity contribution is 0.414. The summed E-state index contributed by atoms with van der Waals surface area (Å²) in [6, 6.07) is 12.3. The van der Waals surface area contributed by atoms with Crippen molar-refractivity contribution in [2.45, 2.75) is 11.2 Å². The first-order valence-electron chi connectivity index (χ1n) is 5.82. The molecule has 0 aliphatic rings. The summed E-state index contributed by atoms with van der Waals surface area (Å²) in [6.07, 6.45) is 0.682. The smallest absolute Gasteiger partial charge is 0.127 e. The van der Waals surface area contributed by atoms with Gasteiger partial charge in [0.2, 0.25) is 0 Å². The lowest BCUT2D eigenvalue weighted by atomic mass is 10.0. The van der Waals surface area contributed by atoms with Crippen molar-refractivity contribution in [3.63, 3.8) is 0 Å². The second kappa shape index (κ2) is 6.40. The maximum Gasteiger partial charge on any atom is 0.127 e. The van der Waals surface area contributed by atoms with Gasteiger partial charge in [-0.25, -0.2) is 4.39 Å². The van der Waals surface area contributed by atoms with Crippen LogP contribution in [0, 0.1) is 5.82 Å². The molecule has 0 aliphatic carbocycles. The molecule has 0 spiro atoms. The van der Waals surface area contributed by atoms with E-state index in [0.29, 0.717) is 17.0 Å². The van der Waals surface area contributed by atoms with Crippen LogP contribution in [0.1, 0.15) is 16.0 Å². The first kappa shape index (κ1) is 14.4. The Labute approximate surface area is 125 Å². The summed E-state index contributed by atoms with van der Waals surface area (Å²) in [6.45, 7) is 0. The summed E-state index contributed by atoms with van der Waals surface area (Å²) < 4.78 is 18.8. The third-order valence-corrected chi connectivity index (χ3v) is 3.92. The zero-order valence-corrected chi connectivity index (χ0v) is 12.7. The van der Waals surface area contributed by atoms with E-state index in [9.17, 15) is 4.39 Å². The van der Waals surface area contributed by atoms with Crippen LogP contribution in [0.2, 0.25) is 5.02 Å². The van der Waals surface area contributed by atoms with Crippen LogP contribution in [-0.4, -0.2) is 7.11 Å². The molecule has 1 unspecified atom stereocenters. The molecule has 2 aromatic carbocycles. The molecule has 100 valence electrons. The summed E-state index contributed by atoms with van der Waals surface area (Å²) in [4.78, 5) is -0.111. The average molecular weight is 344 g/mol. The molecular weight excluding hydrogens is 331 g/mol. The van der Waals surface area contributed by atoms with E-state index in [1.165, 1.54) is 6.07 Å². The van der Waals surface area contributed by atoms with Crippen LogP contribution in [-0.2, 0) is 6.42 Å². The number of ether oxygens (including phenoxy) is 1. The molecule has 0 fully saturated rings. The number of benzene rings is 2. The lowest BCUT2D eigenvalue weighted by Crippen LogP contribution is -1.98. The van der Waals surface area contributed by atoms with Crippen molar-refractivity contribution in [1.82, 2.24) is 0 Å². The molecule has 0 heterocycles. The molecule has 0 saturated heterocycles. The molecular formula is C15H13BrClFO. The van der Waals surface area contributed by atoms with Crippen molar-refractivity contribution in [3.8, 4) is 5.75 Å². The molecule has 0 saturated carbocycles. The van der Waals surface area contributed by atoms with Crippen molar-refractivity contribution >= 4 is 27.5 Å². The zero-order valence-electron chi connectivity index (χ0n) is 10.4. The van der Waals surface area contributed by atoms with Crippen LogP contribution in [0.5, 0.6) is 5.75 Å². The van der Waals surface area contributed by atoms with E-state index in [1.54, 1.807) is 19.2 Å². The van der Waals surface area contributed by atoms with Crippen LogP contribution in [0.25, 0.3) is 0 Å². The van der Waals surface area contributed by atoms with E-state index in [1.807, 2.05) is 24.3 Å². The zero-order chi connectivity index (χ0) is 13.8. The van der Waals surface area contributed by atoms with Gasteiger partial charge in [0.15, 0.2) is 0 Å². The number of methoxy groups -OCH3 is 1. The molecule has 0 radical (unpaired) electrons. The molecule has 2 rings (SSSR count). The van der Waals surface area contributed by atoms with E-state index < -0.39 is 0 Å². The van der Waals surface area contributed by atoms with Crippen molar-refractivity contribution in [3.05, 3.63) is 64.4 Å². The van der Waals surface area contributed by atoms with Gasteiger partial charge in [-0.2, -0.15) is 0 Å². The fraction of sp³-hybridized carbons (Fsp3) is 0.200. The van der Waals surface area contributed by atoms with Gasteiger partial charge in [0.25, 0.3) is 0 Å². The van der Waals surface area contributed by atoms with Crippen molar-refractivity contribution < 1.29 is 9.13 Å². The molecule has 4 heteroatoms. The van der Waals surface area contributed by atoms with Crippen LogP contribution in [0.4, 0.5) is 4.39 Å². The normalized spacial score (nSPS) is 12.2. The minimum absolute atomic E-state index is 0.111. The summed E-state index contributed by atoms with van der Waals surface area (Å²) in [7, 11) is 1.63. The largest absolute Gasteiger partial charge is 0.497 e. The Morgan fingerprint density at radius 3 is 2.53 bits per heavy atom. The number of hydrogen-bond acceptors (Lipinski definition) is 1. The molecule has 0 aliphatic heterocycles. The van der Waals surface area contributed by atoms with Crippen molar-refractivity contribution in [2.75, 3.05) is 7.11 Å². The van der Waals surface area contributed by atoms with Gasteiger partial charge in [-0.3, -0.25) is 0 Å². The standard InChI is InChI=1S/C15H13BrClFO/c1-19-12-5-2-10(3-6-12)8-14(16)13-9-11(17)4-7-15(13)18/h2-7,9,14H,8H2,1H3. The van der Waals surface area contributed by atoms with E-state index in [-0.39, 0.29) is 10.6 Å². The highest BCUT2D eigenvalue weighted by molar-refractivity contribution is 9.09. The van der Waals surface area contributed by atoms with E-state index in [2.05, 4.69) is 15.9 Å². The maximum atomic E-state index is 13.7. The highest BCUT2D eigenvalue weighted by Gasteiger charge is 2.14. The summed E-state index contributed by atoms with van der Waals surface area (Å²) >= 11 is 9.41. The number of alkyl halides is 1. The number of rotatable bonds is 4. The molecule has 19 heavy (non-hydrogen) atoms. The predicted molar refractivity (Wildman–Crippen MR) is 79.8 cm³/mol. The van der Waals surface area contributed by atoms with Gasteiger partial charge in [0.1, 0.15) is 11.6 Å². The number of halogens is 3. The molecule has 0 bridgehead atoms. The third kappa shape index (κ3) is 3.71. The Balaban J connectivity index is 2.15. The molecule has 0 amide bonds.